The largest absolute Gasteiger partial charge is 0.469 e. The van der Waals surface area contributed by atoms with Crippen LogP contribution in [0.2, 0.25) is 0 Å². The zero-order valence-corrected chi connectivity index (χ0v) is 12.3. The second-order valence-electron chi connectivity index (χ2n) is 3.78. The van der Waals surface area contributed by atoms with Gasteiger partial charge in [-0.25, -0.2) is 0 Å². The van der Waals surface area contributed by atoms with Crippen molar-refractivity contribution in [2.75, 3.05) is 12.9 Å². The van der Waals surface area contributed by atoms with Gasteiger partial charge in [-0.15, -0.1) is 0 Å². The number of esters is 1. The van der Waals surface area contributed by atoms with E-state index in [-0.39, 0.29) is 5.97 Å². The Bertz CT molecular complexity index is 405. The fraction of sp³-hybridized carbons (Fsp3) is 0.500. The van der Waals surface area contributed by atoms with E-state index in [9.17, 15) is 4.79 Å². The number of hydrogen-bond acceptors (Lipinski definition) is 4. The van der Waals surface area contributed by atoms with Gasteiger partial charge in [-0.05, 0) is 18.6 Å². The molecule has 1 aromatic heterocycles. The summed E-state index contributed by atoms with van der Waals surface area (Å²) < 4.78 is 7.39. The van der Waals surface area contributed by atoms with Crippen LogP contribution in [0.1, 0.15) is 18.5 Å². The smallest absolute Gasteiger partial charge is 0.305 e. The Morgan fingerprint density at radius 3 is 3.00 bits per heavy atom. The number of nitrogens with one attached hydrogen (secondary N) is 1. The third-order valence-electron chi connectivity index (χ3n) is 2.45. The normalized spacial score (nSPS) is 10.1. The molecule has 0 unspecified atom stereocenters. The molecule has 0 saturated carbocycles. The van der Waals surface area contributed by atoms with Crippen molar-refractivity contribution in [2.45, 2.75) is 19.4 Å². The standard InChI is InChI=1S/C12H18N2O2S2/c1-14-7-3-5-10(14)9-13-12(17)18-8-4-6-11(15)16-2/h3,5,7H,4,6,8-9H2,1-2H3,(H,13,17). The summed E-state index contributed by atoms with van der Waals surface area (Å²) in [7, 11) is 3.41. The van der Waals surface area contributed by atoms with Crippen LogP contribution >= 0.6 is 24.0 Å². The molecule has 0 aromatic carbocycles. The van der Waals surface area contributed by atoms with Crippen molar-refractivity contribution in [1.82, 2.24) is 9.88 Å². The number of thiocarbonyl (C=S) groups is 1. The number of aryl methyl sites for hydroxylation is 1. The first-order valence-electron chi connectivity index (χ1n) is 5.71. The molecule has 0 atom stereocenters. The highest BCUT2D eigenvalue weighted by Crippen LogP contribution is 2.08. The molecule has 0 aliphatic heterocycles. The van der Waals surface area contributed by atoms with Gasteiger partial charge < -0.3 is 14.6 Å². The van der Waals surface area contributed by atoms with Crippen molar-refractivity contribution in [3.8, 4) is 0 Å². The minimum atomic E-state index is -0.168. The summed E-state index contributed by atoms with van der Waals surface area (Å²) in [6.45, 7) is 0.729. The first kappa shape index (κ1) is 15.0. The maximum Gasteiger partial charge on any atom is 0.305 e. The van der Waals surface area contributed by atoms with Gasteiger partial charge in [0.15, 0.2) is 0 Å². The third-order valence-corrected chi connectivity index (χ3v) is 3.85. The second kappa shape index (κ2) is 8.16. The lowest BCUT2D eigenvalue weighted by Crippen LogP contribution is -2.19. The number of nitrogens with zero attached hydrogens (tertiary/aromatic N) is 1. The van der Waals surface area contributed by atoms with Crippen LogP contribution < -0.4 is 5.32 Å². The molecule has 0 aliphatic rings. The molecule has 0 radical (unpaired) electrons. The number of hydrogen-bond donors (Lipinski definition) is 1. The molecule has 100 valence electrons. The molecule has 0 saturated heterocycles. The summed E-state index contributed by atoms with van der Waals surface area (Å²) in [5, 5.41) is 3.19. The summed E-state index contributed by atoms with van der Waals surface area (Å²) >= 11 is 6.76. The van der Waals surface area contributed by atoms with E-state index in [1.54, 1.807) is 11.8 Å². The molecule has 4 nitrogen and oxygen atoms in total. The van der Waals surface area contributed by atoms with E-state index in [0.717, 1.165) is 23.0 Å². The maximum atomic E-state index is 10.9. The van der Waals surface area contributed by atoms with E-state index in [0.29, 0.717) is 6.42 Å². The Morgan fingerprint density at radius 1 is 1.61 bits per heavy atom. The number of methoxy groups -OCH3 is 1. The minimum Gasteiger partial charge on any atom is -0.469 e. The number of ether oxygens (including phenoxy) is 1. The van der Waals surface area contributed by atoms with Crippen LogP contribution in [-0.4, -0.2) is 27.7 Å². The van der Waals surface area contributed by atoms with E-state index in [2.05, 4.69) is 20.7 Å². The summed E-state index contributed by atoms with van der Waals surface area (Å²) in [5.74, 6) is 0.659. The highest BCUT2D eigenvalue weighted by molar-refractivity contribution is 8.22. The van der Waals surface area contributed by atoms with Crippen LogP contribution in [0.3, 0.4) is 0 Å². The average Bonchev–Trinajstić information content (AvgIpc) is 2.77. The highest BCUT2D eigenvalue weighted by atomic mass is 32.2. The van der Waals surface area contributed by atoms with Crippen LogP contribution in [0, 0.1) is 0 Å². The van der Waals surface area contributed by atoms with Crippen LogP contribution in [0.15, 0.2) is 18.3 Å². The van der Waals surface area contributed by atoms with Crippen molar-refractivity contribution in [2.24, 2.45) is 7.05 Å². The van der Waals surface area contributed by atoms with Crippen molar-refractivity contribution in [1.29, 1.82) is 0 Å². The van der Waals surface area contributed by atoms with Crippen molar-refractivity contribution < 1.29 is 9.53 Å². The lowest BCUT2D eigenvalue weighted by molar-refractivity contribution is -0.140. The van der Waals surface area contributed by atoms with Crippen LogP contribution in [-0.2, 0) is 23.1 Å². The molecule has 1 aromatic rings. The third kappa shape index (κ3) is 5.55. The molecule has 6 heteroatoms. The van der Waals surface area contributed by atoms with Gasteiger partial charge in [-0.2, -0.15) is 0 Å². The van der Waals surface area contributed by atoms with E-state index in [4.69, 9.17) is 12.2 Å². The Hall–Kier alpha value is -1.01. The van der Waals surface area contributed by atoms with E-state index < -0.39 is 0 Å². The van der Waals surface area contributed by atoms with Crippen molar-refractivity contribution >= 4 is 34.3 Å². The van der Waals surface area contributed by atoms with Gasteiger partial charge in [-0.1, -0.05) is 24.0 Å². The van der Waals surface area contributed by atoms with E-state index in [1.165, 1.54) is 12.8 Å². The summed E-state index contributed by atoms with van der Waals surface area (Å²) in [6, 6.07) is 4.06. The maximum absolute atomic E-state index is 10.9. The van der Waals surface area contributed by atoms with Gasteiger partial charge in [0.2, 0.25) is 0 Å². The van der Waals surface area contributed by atoms with Crippen LogP contribution in [0.5, 0.6) is 0 Å². The van der Waals surface area contributed by atoms with Crippen LogP contribution in [0.25, 0.3) is 0 Å². The molecule has 0 aliphatic carbocycles. The molecule has 1 heterocycles. The molecule has 0 amide bonds. The van der Waals surface area contributed by atoms with Gasteiger partial charge in [0, 0.05) is 31.1 Å². The molecular weight excluding hydrogens is 268 g/mol. The zero-order valence-electron chi connectivity index (χ0n) is 10.6. The van der Waals surface area contributed by atoms with Gasteiger partial charge in [0.1, 0.15) is 4.32 Å². The fourth-order valence-electron chi connectivity index (χ4n) is 1.38. The molecular formula is C12H18N2O2S2. The molecule has 0 bridgehead atoms. The van der Waals surface area contributed by atoms with Crippen LogP contribution in [0.4, 0.5) is 0 Å². The Kier molecular flexibility index (Phi) is 6.82. The topological polar surface area (TPSA) is 43.3 Å². The van der Waals surface area contributed by atoms with Crippen molar-refractivity contribution in [3.05, 3.63) is 24.0 Å². The quantitative estimate of drug-likeness (QED) is 0.493. The first-order chi connectivity index (χ1) is 8.63. The monoisotopic (exact) mass is 286 g/mol. The number of carbonyl (C=O) groups excluding carboxylic acids is 1. The summed E-state index contributed by atoms with van der Waals surface area (Å²) in [6.07, 6.45) is 3.23. The Balaban J connectivity index is 2.11. The van der Waals surface area contributed by atoms with Crippen molar-refractivity contribution in [3.63, 3.8) is 0 Å². The van der Waals surface area contributed by atoms with E-state index in [1.807, 2.05) is 19.3 Å². The molecule has 0 spiro atoms. The van der Waals surface area contributed by atoms with Gasteiger partial charge >= 0.3 is 5.97 Å². The molecule has 1 rings (SSSR count). The first-order valence-corrected chi connectivity index (χ1v) is 7.10. The lowest BCUT2D eigenvalue weighted by atomic mass is 10.3. The van der Waals surface area contributed by atoms with Gasteiger partial charge in [0.25, 0.3) is 0 Å². The summed E-state index contributed by atoms with van der Waals surface area (Å²) in [4.78, 5) is 10.9. The number of rotatable bonds is 6. The fourth-order valence-corrected chi connectivity index (χ4v) is 2.35. The predicted molar refractivity (Wildman–Crippen MR) is 78.6 cm³/mol. The van der Waals surface area contributed by atoms with Gasteiger partial charge in [-0.3, -0.25) is 4.79 Å². The zero-order chi connectivity index (χ0) is 13.4. The highest BCUT2D eigenvalue weighted by Gasteiger charge is 2.02. The number of thioether (sulfide) groups is 1. The Morgan fingerprint density at radius 2 is 2.39 bits per heavy atom. The summed E-state index contributed by atoms with van der Waals surface area (Å²) in [5.41, 5.74) is 1.19. The molecule has 18 heavy (non-hydrogen) atoms. The molecule has 0 fully saturated rings. The predicted octanol–water partition coefficient (Wildman–Crippen LogP) is 2.09. The van der Waals surface area contributed by atoms with E-state index >= 15 is 0 Å². The SMILES string of the molecule is COC(=O)CCCSC(=S)NCc1cccn1C. The number of aromatic nitrogens is 1. The average molecular weight is 286 g/mol. The lowest BCUT2D eigenvalue weighted by Gasteiger charge is -2.08. The Labute approximate surface area is 117 Å². The van der Waals surface area contributed by atoms with Gasteiger partial charge in [0.05, 0.1) is 13.7 Å². The number of carbonyl (C=O) groups is 1. The minimum absolute atomic E-state index is 0.168. The molecule has 1 N–H and O–H groups in total. The second-order valence-corrected chi connectivity index (χ2v) is 5.55.